The first-order valence-corrected chi connectivity index (χ1v) is 7.60. The Balaban J connectivity index is 1.96. The van der Waals surface area contributed by atoms with Gasteiger partial charge in [0.15, 0.2) is 5.11 Å². The van der Waals surface area contributed by atoms with Crippen LogP contribution in [-0.2, 0) is 12.8 Å². The summed E-state index contributed by atoms with van der Waals surface area (Å²) in [6.07, 6.45) is 5.50. The molecule has 0 spiro atoms. The lowest BCUT2D eigenvalue weighted by atomic mass is 10.1. The van der Waals surface area contributed by atoms with Gasteiger partial charge >= 0.3 is 0 Å². The molecule has 3 heteroatoms. The number of thiocarbonyl (C=S) groups is 1. The Bertz CT molecular complexity index is 659. The summed E-state index contributed by atoms with van der Waals surface area (Å²) in [5.74, 6) is 0. The molecule has 0 saturated carbocycles. The van der Waals surface area contributed by atoms with E-state index in [1.807, 2.05) is 36.4 Å². The largest absolute Gasteiger partial charge is 0.332 e. The Labute approximate surface area is 137 Å². The van der Waals surface area contributed by atoms with Gasteiger partial charge in [-0.1, -0.05) is 36.4 Å². The van der Waals surface area contributed by atoms with Crippen molar-refractivity contribution in [1.29, 1.82) is 0 Å². The molecule has 2 nitrogen and oxygen atoms in total. The van der Waals surface area contributed by atoms with E-state index in [4.69, 9.17) is 12.2 Å². The van der Waals surface area contributed by atoms with E-state index in [0.717, 1.165) is 24.2 Å². The third-order valence-corrected chi connectivity index (χ3v) is 3.36. The van der Waals surface area contributed by atoms with Crippen molar-refractivity contribution >= 4 is 28.7 Å². The second-order valence-corrected chi connectivity index (χ2v) is 5.37. The zero-order valence-corrected chi connectivity index (χ0v) is 13.3. The van der Waals surface area contributed by atoms with Gasteiger partial charge in [0.05, 0.1) is 0 Å². The lowest BCUT2D eigenvalue weighted by molar-refractivity contribution is 1.28. The first-order chi connectivity index (χ1) is 10.7. The summed E-state index contributed by atoms with van der Waals surface area (Å²) >= 11 is 5.35. The highest BCUT2D eigenvalue weighted by atomic mass is 32.1. The second-order valence-electron chi connectivity index (χ2n) is 4.96. The minimum atomic E-state index is 0.576. The van der Waals surface area contributed by atoms with Crippen LogP contribution in [0.5, 0.6) is 0 Å². The molecule has 0 unspecified atom stereocenters. The maximum atomic E-state index is 5.35. The van der Waals surface area contributed by atoms with Crippen LogP contribution in [0.3, 0.4) is 0 Å². The van der Waals surface area contributed by atoms with Gasteiger partial charge in [0.2, 0.25) is 0 Å². The summed E-state index contributed by atoms with van der Waals surface area (Å²) < 4.78 is 0. The van der Waals surface area contributed by atoms with Crippen LogP contribution >= 0.6 is 12.2 Å². The van der Waals surface area contributed by atoms with E-state index in [0.29, 0.717) is 5.11 Å². The summed E-state index contributed by atoms with van der Waals surface area (Å²) in [6, 6.07) is 16.3. The van der Waals surface area contributed by atoms with Crippen LogP contribution in [0.15, 0.2) is 73.8 Å². The number of rotatable bonds is 6. The van der Waals surface area contributed by atoms with Gasteiger partial charge in [0.1, 0.15) is 0 Å². The highest BCUT2D eigenvalue weighted by Gasteiger charge is 2.00. The Kier molecular flexibility index (Phi) is 5.92. The first-order valence-electron chi connectivity index (χ1n) is 7.19. The van der Waals surface area contributed by atoms with Crippen LogP contribution in [0.4, 0.5) is 11.4 Å². The molecule has 0 heterocycles. The Morgan fingerprint density at radius 3 is 2.18 bits per heavy atom. The topological polar surface area (TPSA) is 24.1 Å². The van der Waals surface area contributed by atoms with Crippen LogP contribution in [-0.4, -0.2) is 5.11 Å². The van der Waals surface area contributed by atoms with Crippen molar-refractivity contribution in [2.24, 2.45) is 0 Å². The van der Waals surface area contributed by atoms with Crippen molar-refractivity contribution in [3.05, 3.63) is 85.0 Å². The monoisotopic (exact) mass is 308 g/mol. The molecule has 2 aromatic rings. The summed E-state index contributed by atoms with van der Waals surface area (Å²) in [5.41, 5.74) is 4.38. The van der Waals surface area contributed by atoms with E-state index < -0.39 is 0 Å². The number of allylic oxidation sites excluding steroid dienone is 2. The summed E-state index contributed by atoms with van der Waals surface area (Å²) in [6.45, 7) is 7.50. The molecule has 2 N–H and O–H groups in total. The fraction of sp³-hybridized carbons (Fsp3) is 0.105. The van der Waals surface area contributed by atoms with Crippen LogP contribution < -0.4 is 10.6 Å². The molecule has 22 heavy (non-hydrogen) atoms. The van der Waals surface area contributed by atoms with Crippen LogP contribution in [0.2, 0.25) is 0 Å². The molecule has 0 fully saturated rings. The van der Waals surface area contributed by atoms with E-state index in [1.165, 1.54) is 11.1 Å². The maximum Gasteiger partial charge on any atom is 0.175 e. The average molecular weight is 308 g/mol. The third kappa shape index (κ3) is 4.86. The molecule has 0 radical (unpaired) electrons. The third-order valence-electron chi connectivity index (χ3n) is 3.16. The molecule has 0 amide bonds. The van der Waals surface area contributed by atoms with Crippen LogP contribution in [0.1, 0.15) is 11.1 Å². The molecule has 0 aliphatic carbocycles. The van der Waals surface area contributed by atoms with Crippen molar-refractivity contribution in [1.82, 2.24) is 0 Å². The van der Waals surface area contributed by atoms with E-state index >= 15 is 0 Å². The van der Waals surface area contributed by atoms with E-state index in [2.05, 4.69) is 48.1 Å². The van der Waals surface area contributed by atoms with Gasteiger partial charge in [-0.25, -0.2) is 0 Å². The maximum absolute atomic E-state index is 5.35. The summed E-state index contributed by atoms with van der Waals surface area (Å²) in [5, 5.41) is 6.96. The molecule has 0 atom stereocenters. The molecular formula is C19H20N2S. The minimum absolute atomic E-state index is 0.576. The van der Waals surface area contributed by atoms with Crippen molar-refractivity contribution in [3.63, 3.8) is 0 Å². The van der Waals surface area contributed by atoms with Crippen LogP contribution in [0, 0.1) is 0 Å². The number of hydrogen-bond acceptors (Lipinski definition) is 1. The molecule has 0 aliphatic heterocycles. The molecule has 2 aromatic carbocycles. The van der Waals surface area contributed by atoms with Gasteiger partial charge in [0, 0.05) is 11.4 Å². The highest BCUT2D eigenvalue weighted by molar-refractivity contribution is 7.80. The van der Waals surface area contributed by atoms with E-state index in [-0.39, 0.29) is 0 Å². The van der Waals surface area contributed by atoms with Gasteiger partial charge in [0.25, 0.3) is 0 Å². The van der Waals surface area contributed by atoms with Gasteiger partial charge < -0.3 is 10.6 Å². The summed E-state index contributed by atoms with van der Waals surface area (Å²) in [4.78, 5) is 0. The van der Waals surface area contributed by atoms with Crippen molar-refractivity contribution < 1.29 is 0 Å². The SMILES string of the molecule is C=CCc1ccc(NC(=S)Nc2cccc(CC=C)c2)cc1. The van der Waals surface area contributed by atoms with Gasteiger partial charge in [-0.3, -0.25) is 0 Å². The molecule has 0 aromatic heterocycles. The molecule has 2 rings (SSSR count). The first kappa shape index (κ1) is 16.0. The zero-order valence-electron chi connectivity index (χ0n) is 12.5. The lowest BCUT2D eigenvalue weighted by Gasteiger charge is -2.11. The zero-order chi connectivity index (χ0) is 15.8. The van der Waals surface area contributed by atoms with Crippen molar-refractivity contribution in [2.45, 2.75) is 12.8 Å². The van der Waals surface area contributed by atoms with E-state index in [1.54, 1.807) is 0 Å². The Hall–Kier alpha value is -2.39. The van der Waals surface area contributed by atoms with Gasteiger partial charge in [-0.2, -0.15) is 0 Å². The van der Waals surface area contributed by atoms with Crippen LogP contribution in [0.25, 0.3) is 0 Å². The molecule has 0 saturated heterocycles. The molecule has 112 valence electrons. The van der Waals surface area contributed by atoms with Crippen molar-refractivity contribution in [2.75, 3.05) is 10.6 Å². The fourth-order valence-electron chi connectivity index (χ4n) is 2.13. The standard InChI is InChI=1S/C19H20N2S/c1-3-6-15-10-12-17(13-11-15)20-19(22)21-18-9-5-8-16(14-18)7-4-2/h3-5,8-14H,1-2,6-7H2,(H2,20,21,22). The minimum Gasteiger partial charge on any atom is -0.332 e. The Morgan fingerprint density at radius 2 is 1.50 bits per heavy atom. The van der Waals surface area contributed by atoms with E-state index in [9.17, 15) is 0 Å². The average Bonchev–Trinajstić information content (AvgIpc) is 2.50. The molecule has 0 aliphatic rings. The smallest absolute Gasteiger partial charge is 0.175 e. The number of anilines is 2. The number of hydrogen-bond donors (Lipinski definition) is 2. The molecular weight excluding hydrogens is 288 g/mol. The second kappa shape index (κ2) is 8.15. The predicted molar refractivity (Wildman–Crippen MR) is 101 cm³/mol. The highest BCUT2D eigenvalue weighted by Crippen LogP contribution is 2.14. The Morgan fingerprint density at radius 1 is 0.864 bits per heavy atom. The molecule has 0 bridgehead atoms. The van der Waals surface area contributed by atoms with Gasteiger partial charge in [-0.15, -0.1) is 13.2 Å². The normalized spacial score (nSPS) is 9.82. The van der Waals surface area contributed by atoms with Gasteiger partial charge in [-0.05, 0) is 60.5 Å². The number of nitrogens with one attached hydrogen (secondary N) is 2. The lowest BCUT2D eigenvalue weighted by Crippen LogP contribution is -2.19. The fourth-order valence-corrected chi connectivity index (χ4v) is 2.36. The number of benzene rings is 2. The quantitative estimate of drug-likeness (QED) is 0.583. The predicted octanol–water partition coefficient (Wildman–Crippen LogP) is 4.95. The van der Waals surface area contributed by atoms with Crippen molar-refractivity contribution in [3.8, 4) is 0 Å². The summed E-state index contributed by atoms with van der Waals surface area (Å²) in [7, 11) is 0.